The van der Waals surface area contributed by atoms with Crippen LogP contribution in [0.1, 0.15) is 25.0 Å². The molecule has 0 saturated heterocycles. The summed E-state index contributed by atoms with van der Waals surface area (Å²) >= 11 is 0. The Morgan fingerprint density at radius 1 is 0.575 bits per heavy atom. The van der Waals surface area contributed by atoms with Gasteiger partial charge >= 0.3 is 0 Å². The highest BCUT2D eigenvalue weighted by Gasteiger charge is 2.16. The summed E-state index contributed by atoms with van der Waals surface area (Å²) < 4.78 is 0. The molecule has 0 radical (unpaired) electrons. The summed E-state index contributed by atoms with van der Waals surface area (Å²) in [7, 11) is 0. The molecule has 1 nitrogen and oxygen atoms in total. The van der Waals surface area contributed by atoms with E-state index in [0.29, 0.717) is 0 Å². The molecule has 0 aliphatic heterocycles. The largest absolute Gasteiger partial charge is 0.362 e. The number of hydrogen-bond acceptors (Lipinski definition) is 1. The third kappa shape index (κ3) is 5.90. The van der Waals surface area contributed by atoms with Crippen molar-refractivity contribution in [1.29, 1.82) is 0 Å². The van der Waals surface area contributed by atoms with Crippen LogP contribution in [0.5, 0.6) is 0 Å². The van der Waals surface area contributed by atoms with Crippen LogP contribution in [0.2, 0.25) is 0 Å². The highest BCUT2D eigenvalue weighted by molar-refractivity contribution is 6.21. The fourth-order valence-electron chi connectivity index (χ4n) is 5.13. The molecule has 0 spiro atoms. The van der Waals surface area contributed by atoms with Crippen molar-refractivity contribution in [1.82, 2.24) is 5.32 Å². The lowest BCUT2D eigenvalue weighted by Crippen LogP contribution is -2.00. The smallest absolute Gasteiger partial charge is 0.0333 e. The van der Waals surface area contributed by atoms with Crippen molar-refractivity contribution in [3.05, 3.63) is 163 Å². The summed E-state index contributed by atoms with van der Waals surface area (Å²) in [6.07, 6.45) is 18.3. The number of hydrogen-bond donors (Lipinski definition) is 1. The standard InChI is InChI=1S/C39H35N/c1-4-14-33(5-2)40-28-13-7-6-8-15-30-22-26-32(27-23-30)39-36-18-11-9-16-34(36)38(31-24-20-29(3)21-25-31)35-17-10-12-19-37(35)39/h4-28,40H,1-3H3/b7-6-,14-4-,15-8-,28-13+,33-5+. The van der Waals surface area contributed by atoms with Gasteiger partial charge in [-0.1, -0.05) is 139 Å². The van der Waals surface area contributed by atoms with Gasteiger partial charge < -0.3 is 5.32 Å². The van der Waals surface area contributed by atoms with Crippen LogP contribution in [-0.2, 0) is 0 Å². The van der Waals surface area contributed by atoms with Gasteiger partial charge in [-0.3, -0.25) is 0 Å². The second-order valence-corrected chi connectivity index (χ2v) is 9.82. The Morgan fingerprint density at radius 3 is 1.57 bits per heavy atom. The second-order valence-electron chi connectivity index (χ2n) is 9.82. The van der Waals surface area contributed by atoms with Crippen molar-refractivity contribution < 1.29 is 0 Å². The topological polar surface area (TPSA) is 12.0 Å². The van der Waals surface area contributed by atoms with E-state index in [9.17, 15) is 0 Å². The SMILES string of the molecule is C/C=C\C(=C/C)N/C=C/C=C\C=C/c1ccc(-c2c3ccccc3c(-c3ccc(C)cc3)c3ccccc23)cc1. The van der Waals surface area contributed by atoms with Gasteiger partial charge in [0.25, 0.3) is 0 Å². The van der Waals surface area contributed by atoms with E-state index in [1.165, 1.54) is 54.9 Å². The number of benzene rings is 5. The van der Waals surface area contributed by atoms with Gasteiger partial charge in [-0.25, -0.2) is 0 Å². The number of aryl methyl sites for hydroxylation is 1. The molecule has 0 aliphatic carbocycles. The van der Waals surface area contributed by atoms with Crippen LogP contribution < -0.4 is 5.32 Å². The van der Waals surface area contributed by atoms with E-state index in [1.807, 2.05) is 56.5 Å². The van der Waals surface area contributed by atoms with E-state index in [-0.39, 0.29) is 0 Å². The quantitative estimate of drug-likeness (QED) is 0.159. The number of nitrogens with one attached hydrogen (secondary N) is 1. The summed E-state index contributed by atoms with van der Waals surface area (Å²) in [6, 6.07) is 35.4. The lowest BCUT2D eigenvalue weighted by molar-refractivity contribution is 1.10. The van der Waals surface area contributed by atoms with Crippen molar-refractivity contribution in [3.8, 4) is 22.3 Å². The monoisotopic (exact) mass is 517 g/mol. The first-order valence-corrected chi connectivity index (χ1v) is 13.9. The summed E-state index contributed by atoms with van der Waals surface area (Å²) in [5, 5.41) is 8.38. The molecule has 196 valence electrons. The van der Waals surface area contributed by atoms with Crippen molar-refractivity contribution >= 4 is 27.6 Å². The molecule has 0 atom stereocenters. The molecular weight excluding hydrogens is 482 g/mol. The van der Waals surface area contributed by atoms with E-state index in [1.54, 1.807) is 0 Å². The predicted molar refractivity (Wildman–Crippen MR) is 176 cm³/mol. The molecule has 0 amide bonds. The lowest BCUT2D eigenvalue weighted by atomic mass is 9.86. The predicted octanol–water partition coefficient (Wildman–Crippen LogP) is 10.8. The van der Waals surface area contributed by atoms with Crippen LogP contribution >= 0.6 is 0 Å². The fraction of sp³-hybridized carbons (Fsp3) is 0.0769. The van der Waals surface area contributed by atoms with Crippen LogP contribution in [0.4, 0.5) is 0 Å². The maximum atomic E-state index is 3.26. The van der Waals surface area contributed by atoms with Crippen molar-refractivity contribution in [2.75, 3.05) is 0 Å². The van der Waals surface area contributed by atoms with Gasteiger partial charge in [-0.15, -0.1) is 0 Å². The van der Waals surface area contributed by atoms with Crippen LogP contribution in [0, 0.1) is 6.92 Å². The normalized spacial score (nSPS) is 12.6. The van der Waals surface area contributed by atoms with Gasteiger partial charge in [-0.2, -0.15) is 0 Å². The second kappa shape index (κ2) is 12.8. The zero-order valence-electron chi connectivity index (χ0n) is 23.4. The highest BCUT2D eigenvalue weighted by atomic mass is 14.8. The number of rotatable bonds is 8. The minimum atomic E-state index is 1.08. The Labute approximate surface area is 238 Å². The van der Waals surface area contributed by atoms with Gasteiger partial charge in [0, 0.05) is 11.9 Å². The fourth-order valence-corrected chi connectivity index (χ4v) is 5.13. The van der Waals surface area contributed by atoms with Crippen molar-refractivity contribution in [2.45, 2.75) is 20.8 Å². The molecule has 0 fully saturated rings. The summed E-state index contributed by atoms with van der Waals surface area (Å²) in [5.74, 6) is 0. The molecule has 0 aromatic heterocycles. The molecule has 0 heterocycles. The van der Waals surface area contributed by atoms with Crippen molar-refractivity contribution in [3.63, 3.8) is 0 Å². The molecule has 1 heteroatoms. The van der Waals surface area contributed by atoms with Crippen LogP contribution in [0.15, 0.2) is 151 Å². The minimum absolute atomic E-state index is 1.08. The van der Waals surface area contributed by atoms with Crippen molar-refractivity contribution in [2.24, 2.45) is 0 Å². The molecule has 5 aromatic rings. The molecule has 1 N–H and O–H groups in total. The molecule has 0 saturated carbocycles. The summed E-state index contributed by atoms with van der Waals surface area (Å²) in [6.45, 7) is 6.17. The van der Waals surface area contributed by atoms with E-state index in [0.717, 1.165) is 5.70 Å². The third-order valence-corrected chi connectivity index (χ3v) is 7.10. The molecule has 5 rings (SSSR count). The van der Waals surface area contributed by atoms with Gasteiger partial charge in [0.15, 0.2) is 0 Å². The number of fused-ring (bicyclic) bond motifs is 2. The Bertz CT molecular complexity index is 1700. The maximum Gasteiger partial charge on any atom is 0.0333 e. The maximum absolute atomic E-state index is 3.26. The average molecular weight is 518 g/mol. The molecule has 5 aromatic carbocycles. The van der Waals surface area contributed by atoms with E-state index in [4.69, 9.17) is 0 Å². The van der Waals surface area contributed by atoms with E-state index in [2.05, 4.69) is 121 Å². The Kier molecular flexibility index (Phi) is 8.53. The Balaban J connectivity index is 1.46. The molecule has 0 unspecified atom stereocenters. The van der Waals surface area contributed by atoms with Gasteiger partial charge in [-0.05, 0) is 82.3 Å². The third-order valence-electron chi connectivity index (χ3n) is 7.10. The zero-order chi connectivity index (χ0) is 27.7. The molecule has 40 heavy (non-hydrogen) atoms. The zero-order valence-corrected chi connectivity index (χ0v) is 23.4. The Morgan fingerprint density at radius 2 is 1.07 bits per heavy atom. The Hall–Kier alpha value is -4.88. The average Bonchev–Trinajstić information content (AvgIpc) is 3.00. The van der Waals surface area contributed by atoms with Gasteiger partial charge in [0.1, 0.15) is 0 Å². The van der Waals surface area contributed by atoms with E-state index >= 15 is 0 Å². The lowest BCUT2D eigenvalue weighted by Gasteiger charge is -2.18. The minimum Gasteiger partial charge on any atom is -0.362 e. The highest BCUT2D eigenvalue weighted by Crippen LogP contribution is 2.43. The first kappa shape index (κ1) is 26.7. The molecular formula is C39H35N. The van der Waals surface area contributed by atoms with E-state index < -0.39 is 0 Å². The van der Waals surface area contributed by atoms with Crippen LogP contribution in [-0.4, -0.2) is 0 Å². The molecule has 0 bridgehead atoms. The first-order valence-electron chi connectivity index (χ1n) is 13.9. The first-order chi connectivity index (χ1) is 19.7. The summed E-state index contributed by atoms with van der Waals surface area (Å²) in [5.41, 5.74) is 8.59. The van der Waals surface area contributed by atoms with Crippen LogP contribution in [0.25, 0.3) is 49.9 Å². The van der Waals surface area contributed by atoms with Crippen LogP contribution in [0.3, 0.4) is 0 Å². The molecule has 0 aliphatic rings. The van der Waals surface area contributed by atoms with Gasteiger partial charge in [0.05, 0.1) is 0 Å². The summed E-state index contributed by atoms with van der Waals surface area (Å²) in [4.78, 5) is 0. The van der Waals surface area contributed by atoms with Gasteiger partial charge in [0.2, 0.25) is 0 Å². The number of allylic oxidation sites excluding steroid dienone is 7.